The fourth-order valence-electron chi connectivity index (χ4n) is 4.31. The lowest BCUT2D eigenvalue weighted by Crippen LogP contribution is -2.23. The molecule has 3 heterocycles. The van der Waals surface area contributed by atoms with E-state index in [1.807, 2.05) is 17.9 Å². The molecule has 0 unspecified atom stereocenters. The third-order valence-corrected chi connectivity index (χ3v) is 5.67. The van der Waals surface area contributed by atoms with Gasteiger partial charge in [0, 0.05) is 31.4 Å². The van der Waals surface area contributed by atoms with Crippen molar-refractivity contribution in [1.29, 1.82) is 0 Å². The van der Waals surface area contributed by atoms with Crippen molar-refractivity contribution in [1.82, 2.24) is 14.7 Å². The monoisotopic (exact) mass is 375 g/mol. The lowest BCUT2D eigenvalue weighted by atomic mass is 10.0. The van der Waals surface area contributed by atoms with Crippen LogP contribution in [-0.4, -0.2) is 34.4 Å². The van der Waals surface area contributed by atoms with Gasteiger partial charge < -0.3 is 9.47 Å². The second-order valence-electron chi connectivity index (χ2n) is 7.63. The van der Waals surface area contributed by atoms with Crippen molar-refractivity contribution in [3.05, 3.63) is 66.0 Å². The Hall–Kier alpha value is -2.79. The first kappa shape index (κ1) is 17.3. The molecule has 2 aromatic carbocycles. The van der Waals surface area contributed by atoms with Gasteiger partial charge in [0.1, 0.15) is 13.2 Å². The molecule has 0 saturated carbocycles. The number of aromatic nitrogens is 2. The molecular formula is C23H25N3O2. The van der Waals surface area contributed by atoms with Gasteiger partial charge in [0.25, 0.3) is 0 Å². The minimum absolute atomic E-state index is 0.429. The van der Waals surface area contributed by atoms with E-state index in [-0.39, 0.29) is 0 Å². The number of likely N-dealkylation sites (tertiary alicyclic amines) is 1. The minimum atomic E-state index is 0.429. The van der Waals surface area contributed by atoms with Crippen molar-refractivity contribution in [3.63, 3.8) is 0 Å². The number of rotatable bonds is 4. The lowest BCUT2D eigenvalue weighted by molar-refractivity contribution is 0.170. The predicted octanol–water partition coefficient (Wildman–Crippen LogP) is 4.20. The summed E-state index contributed by atoms with van der Waals surface area (Å²) in [4.78, 5) is 2.58. The highest BCUT2D eigenvalue weighted by atomic mass is 16.6. The van der Waals surface area contributed by atoms with Crippen LogP contribution in [0.1, 0.15) is 30.0 Å². The van der Waals surface area contributed by atoms with Crippen LogP contribution in [0.15, 0.2) is 54.9 Å². The van der Waals surface area contributed by atoms with Gasteiger partial charge in [0.05, 0.1) is 6.20 Å². The van der Waals surface area contributed by atoms with E-state index in [0.29, 0.717) is 19.3 Å². The highest BCUT2D eigenvalue weighted by molar-refractivity contribution is 5.62. The van der Waals surface area contributed by atoms with Crippen LogP contribution < -0.4 is 9.47 Å². The number of fused-ring (bicyclic) bond motifs is 1. The quantitative estimate of drug-likeness (QED) is 0.685. The van der Waals surface area contributed by atoms with Gasteiger partial charge >= 0.3 is 0 Å². The van der Waals surface area contributed by atoms with E-state index < -0.39 is 0 Å². The third kappa shape index (κ3) is 3.38. The highest BCUT2D eigenvalue weighted by Gasteiger charge is 2.27. The summed E-state index contributed by atoms with van der Waals surface area (Å²) in [7, 11) is 1.95. The second-order valence-corrected chi connectivity index (χ2v) is 7.63. The van der Waals surface area contributed by atoms with Gasteiger partial charge in [-0.1, -0.05) is 24.3 Å². The molecular weight excluding hydrogens is 350 g/mol. The average Bonchev–Trinajstić information content (AvgIpc) is 3.37. The number of benzene rings is 2. The summed E-state index contributed by atoms with van der Waals surface area (Å²) in [5.41, 5.74) is 5.05. The van der Waals surface area contributed by atoms with Crippen molar-refractivity contribution in [2.24, 2.45) is 7.05 Å². The Morgan fingerprint density at radius 1 is 1.04 bits per heavy atom. The molecule has 1 atom stereocenters. The van der Waals surface area contributed by atoms with Crippen LogP contribution in [0, 0.1) is 0 Å². The molecule has 28 heavy (non-hydrogen) atoms. The SMILES string of the molecule is Cn1cc(-c2cccc(CN3CCC[C@H]3c3ccc4c(c3)OCCO4)c2)cn1. The van der Waals surface area contributed by atoms with Crippen molar-refractivity contribution < 1.29 is 9.47 Å². The van der Waals surface area contributed by atoms with E-state index >= 15 is 0 Å². The second kappa shape index (κ2) is 7.32. The Morgan fingerprint density at radius 2 is 1.93 bits per heavy atom. The van der Waals surface area contributed by atoms with Crippen molar-refractivity contribution >= 4 is 0 Å². The van der Waals surface area contributed by atoms with Crippen LogP contribution >= 0.6 is 0 Å². The number of ether oxygens (including phenoxy) is 2. The summed E-state index contributed by atoms with van der Waals surface area (Å²) in [5.74, 6) is 1.75. The smallest absolute Gasteiger partial charge is 0.161 e. The van der Waals surface area contributed by atoms with Crippen LogP contribution in [0.25, 0.3) is 11.1 Å². The number of hydrogen-bond acceptors (Lipinski definition) is 4. The fourth-order valence-corrected chi connectivity index (χ4v) is 4.31. The molecule has 0 N–H and O–H groups in total. The Labute approximate surface area is 165 Å². The van der Waals surface area contributed by atoms with E-state index in [4.69, 9.17) is 9.47 Å². The molecule has 1 fully saturated rings. The number of aryl methyl sites for hydroxylation is 1. The molecule has 5 rings (SSSR count). The van der Waals surface area contributed by atoms with Crippen molar-refractivity contribution in [3.8, 4) is 22.6 Å². The van der Waals surface area contributed by atoms with Gasteiger partial charge in [-0.25, -0.2) is 0 Å². The standard InChI is InChI=1S/C23H25N3O2/c1-25-16-20(14-24-25)18-5-2-4-17(12-18)15-26-9-3-6-21(26)19-7-8-22-23(13-19)28-11-10-27-22/h2,4-5,7-8,12-14,16,21H,3,6,9-11,15H2,1H3/t21-/m0/s1. The summed E-state index contributed by atoms with van der Waals surface area (Å²) in [6.07, 6.45) is 6.39. The Bertz CT molecular complexity index is 981. The normalized spacial score (nSPS) is 19.1. The maximum Gasteiger partial charge on any atom is 0.161 e. The molecule has 1 aromatic heterocycles. The molecule has 0 amide bonds. The summed E-state index contributed by atoms with van der Waals surface area (Å²) < 4.78 is 13.3. The van der Waals surface area contributed by atoms with Gasteiger partial charge in [-0.2, -0.15) is 5.10 Å². The molecule has 0 aliphatic carbocycles. The van der Waals surface area contributed by atoms with Crippen LogP contribution in [-0.2, 0) is 13.6 Å². The maximum absolute atomic E-state index is 5.79. The van der Waals surface area contributed by atoms with E-state index in [1.165, 1.54) is 29.5 Å². The van der Waals surface area contributed by atoms with E-state index in [1.54, 1.807) is 0 Å². The first-order valence-corrected chi connectivity index (χ1v) is 9.98. The predicted molar refractivity (Wildman–Crippen MR) is 108 cm³/mol. The van der Waals surface area contributed by atoms with Crippen molar-refractivity contribution in [2.75, 3.05) is 19.8 Å². The van der Waals surface area contributed by atoms with Crippen LogP contribution in [0.3, 0.4) is 0 Å². The summed E-state index contributed by atoms with van der Waals surface area (Å²) in [6.45, 7) is 3.34. The summed E-state index contributed by atoms with van der Waals surface area (Å²) in [6, 6.07) is 15.7. The van der Waals surface area contributed by atoms with E-state index in [2.05, 4.69) is 58.7 Å². The molecule has 2 aliphatic heterocycles. The Balaban J connectivity index is 1.36. The first-order chi connectivity index (χ1) is 13.8. The fraction of sp³-hybridized carbons (Fsp3) is 0.348. The summed E-state index contributed by atoms with van der Waals surface area (Å²) >= 11 is 0. The molecule has 2 aliphatic rings. The highest BCUT2D eigenvalue weighted by Crippen LogP contribution is 2.38. The van der Waals surface area contributed by atoms with Gasteiger partial charge in [0.2, 0.25) is 0 Å². The molecule has 5 heteroatoms. The molecule has 5 nitrogen and oxygen atoms in total. The largest absolute Gasteiger partial charge is 0.486 e. The average molecular weight is 375 g/mol. The van der Waals surface area contributed by atoms with Crippen LogP contribution in [0.5, 0.6) is 11.5 Å². The van der Waals surface area contributed by atoms with Crippen LogP contribution in [0.4, 0.5) is 0 Å². The molecule has 0 radical (unpaired) electrons. The van der Waals surface area contributed by atoms with Gasteiger partial charge in [0.15, 0.2) is 11.5 Å². The van der Waals surface area contributed by atoms with E-state index in [0.717, 1.165) is 30.2 Å². The molecule has 3 aromatic rings. The van der Waals surface area contributed by atoms with Crippen LogP contribution in [0.2, 0.25) is 0 Å². The van der Waals surface area contributed by atoms with Gasteiger partial charge in [-0.15, -0.1) is 0 Å². The van der Waals surface area contributed by atoms with Gasteiger partial charge in [-0.3, -0.25) is 9.58 Å². The molecule has 1 saturated heterocycles. The zero-order valence-corrected chi connectivity index (χ0v) is 16.2. The zero-order valence-electron chi connectivity index (χ0n) is 16.2. The summed E-state index contributed by atoms with van der Waals surface area (Å²) in [5, 5.41) is 4.30. The first-order valence-electron chi connectivity index (χ1n) is 9.98. The topological polar surface area (TPSA) is 39.5 Å². The van der Waals surface area contributed by atoms with Gasteiger partial charge in [-0.05, 0) is 54.3 Å². The zero-order chi connectivity index (χ0) is 18.9. The van der Waals surface area contributed by atoms with E-state index in [9.17, 15) is 0 Å². The molecule has 0 bridgehead atoms. The maximum atomic E-state index is 5.79. The number of nitrogens with zero attached hydrogens (tertiary/aromatic N) is 3. The van der Waals surface area contributed by atoms with Crippen molar-refractivity contribution in [2.45, 2.75) is 25.4 Å². The lowest BCUT2D eigenvalue weighted by Gasteiger charge is -2.26. The number of hydrogen-bond donors (Lipinski definition) is 0. The minimum Gasteiger partial charge on any atom is -0.486 e. The Morgan fingerprint density at radius 3 is 2.79 bits per heavy atom. The Kier molecular flexibility index (Phi) is 4.53. The third-order valence-electron chi connectivity index (χ3n) is 5.67. The molecule has 0 spiro atoms. The molecule has 144 valence electrons.